The van der Waals surface area contributed by atoms with Crippen molar-refractivity contribution in [3.63, 3.8) is 0 Å². The maximum absolute atomic E-state index is 11.7. The van der Waals surface area contributed by atoms with Crippen LogP contribution in [-0.2, 0) is 19.2 Å². The van der Waals surface area contributed by atoms with Crippen molar-refractivity contribution >= 4 is 23.7 Å². The molecule has 0 aromatic rings. The van der Waals surface area contributed by atoms with Crippen molar-refractivity contribution in [3.05, 3.63) is 0 Å². The van der Waals surface area contributed by atoms with Crippen LogP contribution in [0.25, 0.3) is 0 Å². The van der Waals surface area contributed by atoms with Gasteiger partial charge in [-0.15, -0.1) is 0 Å². The topological polar surface area (TPSA) is 151 Å². The Bertz CT molecular complexity index is 398. The van der Waals surface area contributed by atoms with E-state index in [4.69, 9.17) is 10.8 Å². The lowest BCUT2D eigenvalue weighted by molar-refractivity contribution is -0.141. The summed E-state index contributed by atoms with van der Waals surface area (Å²) in [6.07, 6.45) is 0. The van der Waals surface area contributed by atoms with Crippen LogP contribution in [0.3, 0.4) is 0 Å². The minimum Gasteiger partial charge on any atom is -0.480 e. The summed E-state index contributed by atoms with van der Waals surface area (Å²) in [4.78, 5) is 44.9. The molecule has 114 valence electrons. The quantitative estimate of drug-likeness (QED) is 0.350. The van der Waals surface area contributed by atoms with Crippen molar-refractivity contribution in [2.75, 3.05) is 6.54 Å². The molecule has 0 aliphatic rings. The van der Waals surface area contributed by atoms with Gasteiger partial charge < -0.3 is 26.8 Å². The lowest BCUT2D eigenvalue weighted by atomic mass is 10.2. The Morgan fingerprint density at radius 3 is 1.70 bits per heavy atom. The van der Waals surface area contributed by atoms with E-state index >= 15 is 0 Å². The fraction of sp³-hybridized carbons (Fsp3) is 0.636. The van der Waals surface area contributed by atoms with E-state index in [0.29, 0.717) is 0 Å². The number of hydrogen-bond acceptors (Lipinski definition) is 5. The van der Waals surface area contributed by atoms with E-state index in [9.17, 15) is 19.2 Å². The van der Waals surface area contributed by atoms with Crippen LogP contribution < -0.4 is 21.7 Å². The minimum atomic E-state index is -1.18. The van der Waals surface area contributed by atoms with Gasteiger partial charge in [-0.3, -0.25) is 19.2 Å². The van der Waals surface area contributed by atoms with E-state index in [0.717, 1.165) is 0 Å². The van der Waals surface area contributed by atoms with Crippen LogP contribution >= 0.6 is 0 Å². The highest BCUT2D eigenvalue weighted by atomic mass is 16.4. The van der Waals surface area contributed by atoms with Gasteiger partial charge >= 0.3 is 5.97 Å². The molecule has 0 bridgehead atoms. The molecule has 0 aromatic carbocycles. The number of amides is 3. The first-order chi connectivity index (χ1) is 9.18. The normalized spacial score (nSPS) is 14.6. The maximum atomic E-state index is 11.7. The van der Waals surface area contributed by atoms with Crippen LogP contribution in [0.1, 0.15) is 20.8 Å². The largest absolute Gasteiger partial charge is 0.480 e. The summed E-state index contributed by atoms with van der Waals surface area (Å²) in [6, 6.07) is -2.84. The van der Waals surface area contributed by atoms with Gasteiger partial charge in [-0.05, 0) is 20.8 Å². The van der Waals surface area contributed by atoms with E-state index in [1.165, 1.54) is 20.8 Å². The van der Waals surface area contributed by atoms with Gasteiger partial charge in [0.15, 0.2) is 0 Å². The Kier molecular flexibility index (Phi) is 7.22. The number of carboxylic acid groups (broad SMARTS) is 1. The molecule has 0 aliphatic heterocycles. The van der Waals surface area contributed by atoms with Crippen LogP contribution in [0, 0.1) is 0 Å². The Morgan fingerprint density at radius 2 is 1.30 bits per heavy atom. The average molecular weight is 288 g/mol. The smallest absolute Gasteiger partial charge is 0.325 e. The summed E-state index contributed by atoms with van der Waals surface area (Å²) < 4.78 is 0. The third-order valence-electron chi connectivity index (χ3n) is 2.44. The number of rotatable bonds is 7. The molecule has 0 saturated heterocycles. The first kappa shape index (κ1) is 17.8. The van der Waals surface area contributed by atoms with Crippen molar-refractivity contribution in [1.29, 1.82) is 0 Å². The third-order valence-corrected chi connectivity index (χ3v) is 2.44. The molecule has 0 spiro atoms. The number of nitrogens with one attached hydrogen (secondary N) is 3. The molecule has 9 nitrogen and oxygen atoms in total. The molecule has 3 unspecified atom stereocenters. The van der Waals surface area contributed by atoms with Crippen molar-refractivity contribution in [1.82, 2.24) is 16.0 Å². The summed E-state index contributed by atoms with van der Waals surface area (Å²) in [5.41, 5.74) is 5.09. The molecule has 0 fully saturated rings. The molecule has 0 aromatic heterocycles. The number of carbonyl (C=O) groups excluding carboxylic acids is 3. The summed E-state index contributed by atoms with van der Waals surface area (Å²) in [7, 11) is 0. The van der Waals surface area contributed by atoms with Gasteiger partial charge in [-0.1, -0.05) is 0 Å². The van der Waals surface area contributed by atoms with E-state index < -0.39 is 41.8 Å². The number of hydrogen-bond donors (Lipinski definition) is 5. The minimum absolute atomic E-state index is 0.246. The highest BCUT2D eigenvalue weighted by Gasteiger charge is 2.23. The molecule has 0 heterocycles. The molecule has 0 rings (SSSR count). The molecule has 0 radical (unpaired) electrons. The van der Waals surface area contributed by atoms with Gasteiger partial charge in [0.25, 0.3) is 0 Å². The summed E-state index contributed by atoms with van der Waals surface area (Å²) in [5.74, 6) is -2.88. The monoisotopic (exact) mass is 288 g/mol. The fourth-order valence-corrected chi connectivity index (χ4v) is 1.17. The zero-order valence-corrected chi connectivity index (χ0v) is 11.6. The fourth-order valence-electron chi connectivity index (χ4n) is 1.17. The molecule has 3 amide bonds. The Balaban J connectivity index is 4.34. The highest BCUT2D eigenvalue weighted by molar-refractivity contribution is 5.93. The first-order valence-corrected chi connectivity index (χ1v) is 6.02. The van der Waals surface area contributed by atoms with Crippen LogP contribution in [0.4, 0.5) is 0 Å². The van der Waals surface area contributed by atoms with E-state index in [-0.39, 0.29) is 6.54 Å². The van der Waals surface area contributed by atoms with Gasteiger partial charge in [0.1, 0.15) is 18.1 Å². The molecule has 0 aliphatic carbocycles. The zero-order chi connectivity index (χ0) is 15.9. The second-order valence-corrected chi connectivity index (χ2v) is 4.29. The average Bonchev–Trinajstić information content (AvgIpc) is 2.37. The maximum Gasteiger partial charge on any atom is 0.325 e. The molecule has 0 saturated carbocycles. The molecular weight excluding hydrogens is 268 g/mol. The Hall–Kier alpha value is -2.16. The number of aliphatic carboxylic acids is 1. The summed E-state index contributed by atoms with van der Waals surface area (Å²) in [5, 5.41) is 15.5. The predicted octanol–water partition coefficient (Wildman–Crippen LogP) is -2.46. The number of carbonyl (C=O) groups is 4. The summed E-state index contributed by atoms with van der Waals surface area (Å²) >= 11 is 0. The number of carboxylic acids is 1. The molecular formula is C11H20N4O5. The van der Waals surface area contributed by atoms with E-state index in [2.05, 4.69) is 16.0 Å². The molecule has 6 N–H and O–H groups in total. The van der Waals surface area contributed by atoms with Gasteiger partial charge in [0.2, 0.25) is 17.7 Å². The van der Waals surface area contributed by atoms with Gasteiger partial charge in [0, 0.05) is 0 Å². The highest BCUT2D eigenvalue weighted by Crippen LogP contribution is 1.90. The standard InChI is InChI=1S/C11H20N4O5/c1-5(13-8(16)4-12)9(17)14-6(2)10(18)15-7(3)11(19)20/h5-7H,4,12H2,1-3H3,(H,13,16)(H,14,17)(H,15,18)(H,19,20). The second-order valence-electron chi connectivity index (χ2n) is 4.29. The van der Waals surface area contributed by atoms with Gasteiger partial charge in [-0.2, -0.15) is 0 Å². The van der Waals surface area contributed by atoms with Gasteiger partial charge in [0.05, 0.1) is 6.54 Å². The van der Waals surface area contributed by atoms with Crippen molar-refractivity contribution in [2.45, 2.75) is 38.9 Å². The van der Waals surface area contributed by atoms with Gasteiger partial charge in [-0.25, -0.2) is 0 Å². The predicted molar refractivity (Wildman–Crippen MR) is 69.5 cm³/mol. The van der Waals surface area contributed by atoms with Crippen LogP contribution in [0.15, 0.2) is 0 Å². The first-order valence-electron chi connectivity index (χ1n) is 6.02. The summed E-state index contributed by atoms with van der Waals surface area (Å²) in [6.45, 7) is 3.90. The molecule has 20 heavy (non-hydrogen) atoms. The lowest BCUT2D eigenvalue weighted by Gasteiger charge is -2.19. The Labute approximate surface area is 116 Å². The lowest BCUT2D eigenvalue weighted by Crippen LogP contribution is -2.54. The SMILES string of the molecule is CC(NC(=O)C(C)NC(=O)C(C)NC(=O)CN)C(=O)O. The van der Waals surface area contributed by atoms with Crippen LogP contribution in [0.5, 0.6) is 0 Å². The number of nitrogens with two attached hydrogens (primary N) is 1. The zero-order valence-electron chi connectivity index (χ0n) is 11.6. The van der Waals surface area contributed by atoms with Crippen LogP contribution in [0.2, 0.25) is 0 Å². The third kappa shape index (κ3) is 6.14. The van der Waals surface area contributed by atoms with E-state index in [1.807, 2.05) is 0 Å². The van der Waals surface area contributed by atoms with Crippen molar-refractivity contribution < 1.29 is 24.3 Å². The van der Waals surface area contributed by atoms with Crippen LogP contribution in [-0.4, -0.2) is 53.5 Å². The molecule has 9 heteroatoms. The van der Waals surface area contributed by atoms with Crippen molar-refractivity contribution in [3.8, 4) is 0 Å². The second kappa shape index (κ2) is 8.10. The Morgan fingerprint density at radius 1 is 0.900 bits per heavy atom. The molecule has 3 atom stereocenters. The van der Waals surface area contributed by atoms with E-state index in [1.54, 1.807) is 0 Å². The van der Waals surface area contributed by atoms with Crippen molar-refractivity contribution in [2.24, 2.45) is 5.73 Å².